The van der Waals surface area contributed by atoms with Crippen molar-refractivity contribution in [3.63, 3.8) is 0 Å². The van der Waals surface area contributed by atoms with Crippen LogP contribution in [0.3, 0.4) is 0 Å². The topological polar surface area (TPSA) is 133 Å². The summed E-state index contributed by atoms with van der Waals surface area (Å²) in [6, 6.07) is 6.01. The van der Waals surface area contributed by atoms with Crippen molar-refractivity contribution in [2.75, 3.05) is 27.2 Å². The number of carbonyl (C=O) groups is 3. The Morgan fingerprint density at radius 3 is 2.10 bits per heavy atom. The predicted molar refractivity (Wildman–Crippen MR) is 122 cm³/mol. The highest BCUT2D eigenvalue weighted by Crippen LogP contribution is 2.23. The molecule has 2 aromatic rings. The zero-order valence-corrected chi connectivity index (χ0v) is 20.8. The second-order valence-electron chi connectivity index (χ2n) is 8.10. The van der Waals surface area contributed by atoms with Gasteiger partial charge in [-0.2, -0.15) is 26.3 Å². The fourth-order valence-electron chi connectivity index (χ4n) is 2.98. The van der Waals surface area contributed by atoms with Crippen molar-refractivity contribution in [3.8, 4) is 0 Å². The van der Waals surface area contributed by atoms with E-state index in [2.05, 4.69) is 20.9 Å². The van der Waals surface area contributed by atoms with E-state index >= 15 is 0 Å². The van der Waals surface area contributed by atoms with Crippen LogP contribution in [0.4, 0.5) is 26.3 Å². The van der Waals surface area contributed by atoms with Crippen LogP contribution in [-0.4, -0.2) is 87.4 Å². The molecule has 0 bridgehead atoms. The van der Waals surface area contributed by atoms with Gasteiger partial charge < -0.3 is 19.8 Å². The molecule has 39 heavy (non-hydrogen) atoms. The number of rotatable bonds is 6. The van der Waals surface area contributed by atoms with E-state index in [4.69, 9.17) is 24.5 Å². The number of pyridine rings is 2. The molecule has 10 nitrogen and oxygen atoms in total. The largest absolute Gasteiger partial charge is 0.490 e. The molecule has 0 saturated carbocycles. The Balaban J connectivity index is 0.000000449. The number of aliphatic carboxylic acids is 2. The van der Waals surface area contributed by atoms with Crippen molar-refractivity contribution in [2.24, 2.45) is 0 Å². The van der Waals surface area contributed by atoms with Crippen molar-refractivity contribution in [2.45, 2.75) is 38.5 Å². The molecule has 0 unspecified atom stereocenters. The molecular formula is C23H26F6N4O6. The SMILES string of the molecule is CN(C)C(=O)COCc1cncc2c1CCN(Cc1ccccn1)C2.O=C(O)C(F)(F)F.O=C(O)C(F)(F)F. The standard InChI is InChI=1S/C19H24N4O2.2C2HF3O2/c1-22(2)19(24)14-25-13-16-10-20-9-15-11-23(8-6-18(15)16)12-17-5-3-4-7-21-17;2*3-2(4,5)1(6)7/h3-5,7,9-10H,6,8,11-14H2,1-2H3;2*(H,6,7). The Morgan fingerprint density at radius 2 is 1.62 bits per heavy atom. The van der Waals surface area contributed by atoms with Gasteiger partial charge in [-0.15, -0.1) is 0 Å². The number of likely N-dealkylation sites (N-methyl/N-ethyl adjacent to an activating group) is 1. The van der Waals surface area contributed by atoms with E-state index in [1.54, 1.807) is 14.1 Å². The van der Waals surface area contributed by atoms with Gasteiger partial charge in [0.1, 0.15) is 6.61 Å². The third-order valence-electron chi connectivity index (χ3n) is 4.89. The van der Waals surface area contributed by atoms with E-state index in [0.717, 1.165) is 37.3 Å². The minimum Gasteiger partial charge on any atom is -0.475 e. The molecule has 0 radical (unpaired) electrons. The first-order valence-corrected chi connectivity index (χ1v) is 11.0. The second-order valence-corrected chi connectivity index (χ2v) is 8.10. The average Bonchev–Trinajstić information content (AvgIpc) is 2.84. The zero-order chi connectivity index (χ0) is 29.8. The minimum atomic E-state index is -5.08. The number of nitrogens with zero attached hydrogens (tertiary/aromatic N) is 4. The summed E-state index contributed by atoms with van der Waals surface area (Å²) in [4.78, 5) is 42.1. The summed E-state index contributed by atoms with van der Waals surface area (Å²) >= 11 is 0. The lowest BCUT2D eigenvalue weighted by molar-refractivity contribution is -0.193. The molecule has 0 atom stereocenters. The first kappa shape index (κ1) is 33.2. The van der Waals surface area contributed by atoms with Gasteiger partial charge in [0, 0.05) is 52.3 Å². The van der Waals surface area contributed by atoms with Crippen LogP contribution in [0.1, 0.15) is 22.4 Å². The number of halogens is 6. The Morgan fingerprint density at radius 1 is 1.03 bits per heavy atom. The van der Waals surface area contributed by atoms with Gasteiger partial charge in [0.2, 0.25) is 5.91 Å². The lowest BCUT2D eigenvalue weighted by Crippen LogP contribution is -2.31. The van der Waals surface area contributed by atoms with Crippen LogP contribution in [0, 0.1) is 0 Å². The predicted octanol–water partition coefficient (Wildman–Crippen LogP) is 2.91. The maximum absolute atomic E-state index is 11.6. The fraction of sp³-hybridized carbons (Fsp3) is 0.435. The highest BCUT2D eigenvalue weighted by atomic mass is 19.4. The van der Waals surface area contributed by atoms with E-state index in [0.29, 0.717) is 6.61 Å². The molecule has 216 valence electrons. The molecule has 1 amide bonds. The Kier molecular flexibility index (Phi) is 12.8. The van der Waals surface area contributed by atoms with Gasteiger partial charge in [-0.1, -0.05) is 6.07 Å². The van der Waals surface area contributed by atoms with Crippen LogP contribution in [0.15, 0.2) is 36.8 Å². The van der Waals surface area contributed by atoms with Crippen LogP contribution in [0.5, 0.6) is 0 Å². The number of hydrogen-bond acceptors (Lipinski definition) is 7. The lowest BCUT2D eigenvalue weighted by atomic mass is 9.97. The van der Waals surface area contributed by atoms with Crippen LogP contribution in [0.25, 0.3) is 0 Å². The monoisotopic (exact) mass is 568 g/mol. The molecule has 2 aromatic heterocycles. The normalized spacial score (nSPS) is 13.1. The highest BCUT2D eigenvalue weighted by molar-refractivity contribution is 5.76. The summed E-state index contributed by atoms with van der Waals surface area (Å²) in [5, 5.41) is 14.2. The zero-order valence-electron chi connectivity index (χ0n) is 20.8. The van der Waals surface area contributed by atoms with Gasteiger partial charge in [-0.25, -0.2) is 9.59 Å². The number of fused-ring (bicyclic) bond motifs is 1. The Hall–Kier alpha value is -3.79. The van der Waals surface area contributed by atoms with Crippen molar-refractivity contribution in [3.05, 3.63) is 59.2 Å². The Bertz CT molecular complexity index is 1070. The molecular weight excluding hydrogens is 542 g/mol. The number of carboxylic acid groups (broad SMARTS) is 2. The molecule has 0 aromatic carbocycles. The number of aromatic nitrogens is 2. The number of amides is 1. The number of carbonyl (C=O) groups excluding carboxylic acids is 1. The summed E-state index contributed by atoms with van der Waals surface area (Å²) in [6.07, 6.45) is -3.58. The quantitative estimate of drug-likeness (QED) is 0.505. The van der Waals surface area contributed by atoms with Crippen molar-refractivity contribution < 1.29 is 55.7 Å². The van der Waals surface area contributed by atoms with Gasteiger partial charge in [0.25, 0.3) is 0 Å². The van der Waals surface area contributed by atoms with Crippen molar-refractivity contribution in [1.82, 2.24) is 19.8 Å². The molecule has 2 N–H and O–H groups in total. The molecule has 0 fully saturated rings. The summed E-state index contributed by atoms with van der Waals surface area (Å²) in [5.74, 6) is -5.54. The molecule has 1 aliphatic heterocycles. The average molecular weight is 568 g/mol. The first-order chi connectivity index (χ1) is 18.0. The molecule has 16 heteroatoms. The second kappa shape index (κ2) is 15.0. The van der Waals surface area contributed by atoms with Crippen molar-refractivity contribution in [1.29, 1.82) is 0 Å². The van der Waals surface area contributed by atoms with Gasteiger partial charge in [-0.3, -0.25) is 19.7 Å². The highest BCUT2D eigenvalue weighted by Gasteiger charge is 2.38. The van der Waals surface area contributed by atoms with Gasteiger partial charge >= 0.3 is 24.3 Å². The van der Waals surface area contributed by atoms with E-state index in [-0.39, 0.29) is 12.5 Å². The van der Waals surface area contributed by atoms with E-state index in [1.165, 1.54) is 16.0 Å². The third-order valence-corrected chi connectivity index (χ3v) is 4.89. The summed E-state index contributed by atoms with van der Waals surface area (Å²) < 4.78 is 69.0. The maximum atomic E-state index is 11.6. The minimum absolute atomic E-state index is 0.0284. The maximum Gasteiger partial charge on any atom is 0.490 e. The number of ether oxygens (including phenoxy) is 1. The van der Waals surface area contributed by atoms with E-state index in [1.807, 2.05) is 30.7 Å². The third kappa shape index (κ3) is 12.5. The Labute approximate surface area is 218 Å². The smallest absolute Gasteiger partial charge is 0.475 e. The van der Waals surface area contributed by atoms with Crippen LogP contribution < -0.4 is 0 Å². The van der Waals surface area contributed by atoms with E-state index < -0.39 is 24.3 Å². The molecule has 0 spiro atoms. The van der Waals surface area contributed by atoms with Crippen LogP contribution in [0.2, 0.25) is 0 Å². The van der Waals surface area contributed by atoms with Gasteiger partial charge in [0.15, 0.2) is 0 Å². The molecule has 3 rings (SSSR count). The molecule has 3 heterocycles. The summed E-state index contributed by atoms with van der Waals surface area (Å²) in [7, 11) is 3.46. The van der Waals surface area contributed by atoms with E-state index in [9.17, 15) is 31.1 Å². The van der Waals surface area contributed by atoms with Crippen LogP contribution in [-0.2, 0) is 45.2 Å². The number of alkyl halides is 6. The molecule has 0 saturated heterocycles. The van der Waals surface area contributed by atoms with Gasteiger partial charge in [0.05, 0.1) is 12.3 Å². The molecule has 1 aliphatic rings. The van der Waals surface area contributed by atoms with Gasteiger partial charge in [-0.05, 0) is 35.2 Å². The first-order valence-electron chi connectivity index (χ1n) is 11.0. The van der Waals surface area contributed by atoms with Crippen LogP contribution >= 0.6 is 0 Å². The van der Waals surface area contributed by atoms with Crippen molar-refractivity contribution >= 4 is 17.8 Å². The lowest BCUT2D eigenvalue weighted by Gasteiger charge is -2.29. The number of hydrogen-bond donors (Lipinski definition) is 2. The number of carboxylic acids is 2. The fourth-order valence-corrected chi connectivity index (χ4v) is 2.98. The summed E-state index contributed by atoms with van der Waals surface area (Å²) in [6.45, 7) is 3.22. The summed E-state index contributed by atoms with van der Waals surface area (Å²) in [5.41, 5.74) is 4.72. The molecule has 0 aliphatic carbocycles.